The summed E-state index contributed by atoms with van der Waals surface area (Å²) in [4.78, 5) is 11.9. The average Bonchev–Trinajstić information content (AvgIpc) is 2.72. The first-order chi connectivity index (χ1) is 7.72. The van der Waals surface area contributed by atoms with Gasteiger partial charge in [0.1, 0.15) is 0 Å². The predicted molar refractivity (Wildman–Crippen MR) is 62.4 cm³/mol. The van der Waals surface area contributed by atoms with Crippen LogP contribution < -0.4 is 10.6 Å². The molecule has 1 aliphatic rings. The highest BCUT2D eigenvalue weighted by molar-refractivity contribution is 5.88. The average molecular weight is 220 g/mol. The van der Waals surface area contributed by atoms with Gasteiger partial charge < -0.3 is 15.7 Å². The number of aliphatic hydroxyl groups is 1. The van der Waals surface area contributed by atoms with Gasteiger partial charge >= 0.3 is 0 Å². The predicted octanol–water partition coefficient (Wildman–Crippen LogP) is 0.693. The van der Waals surface area contributed by atoms with Crippen molar-refractivity contribution in [1.82, 2.24) is 5.32 Å². The number of amides is 1. The van der Waals surface area contributed by atoms with Gasteiger partial charge in [0.25, 0.3) is 0 Å². The number of para-hydroxylation sites is 1. The van der Waals surface area contributed by atoms with Gasteiger partial charge in [-0.3, -0.25) is 4.79 Å². The van der Waals surface area contributed by atoms with Gasteiger partial charge in [0, 0.05) is 18.3 Å². The lowest BCUT2D eigenvalue weighted by molar-refractivity contribution is -0.123. The summed E-state index contributed by atoms with van der Waals surface area (Å²) in [5.41, 5.74) is 2.06. The minimum absolute atomic E-state index is 0.0287. The molecule has 0 spiro atoms. The van der Waals surface area contributed by atoms with Crippen molar-refractivity contribution in [3.05, 3.63) is 29.8 Å². The SMILES string of the molecule is C[C@H](CO)NC(=O)C1CNc2ccccc21. The standard InChI is InChI=1S/C12H16N2O2/c1-8(7-15)14-12(16)10-6-13-11-5-3-2-4-9(10)11/h2-5,8,10,13,15H,6-7H2,1H3,(H,14,16)/t8-,10?/m1/s1. The molecule has 0 fully saturated rings. The van der Waals surface area contributed by atoms with Gasteiger partial charge in [-0.25, -0.2) is 0 Å². The van der Waals surface area contributed by atoms with Crippen LogP contribution in [0.2, 0.25) is 0 Å². The third-order valence-corrected chi connectivity index (χ3v) is 2.81. The lowest BCUT2D eigenvalue weighted by Crippen LogP contribution is -2.38. The highest BCUT2D eigenvalue weighted by atomic mass is 16.3. The normalized spacial score (nSPS) is 19.8. The van der Waals surface area contributed by atoms with Crippen molar-refractivity contribution in [3.8, 4) is 0 Å². The number of nitrogens with one attached hydrogen (secondary N) is 2. The first kappa shape index (κ1) is 11.0. The maximum atomic E-state index is 11.9. The lowest BCUT2D eigenvalue weighted by Gasteiger charge is -2.15. The fraction of sp³-hybridized carbons (Fsp3) is 0.417. The molecule has 3 N–H and O–H groups in total. The minimum Gasteiger partial charge on any atom is -0.394 e. The minimum atomic E-state index is -0.194. The number of rotatable bonds is 3. The molecule has 1 amide bonds. The summed E-state index contributed by atoms with van der Waals surface area (Å²) in [5, 5.41) is 14.9. The Morgan fingerprint density at radius 3 is 3.12 bits per heavy atom. The molecule has 1 aromatic rings. The van der Waals surface area contributed by atoms with E-state index in [-0.39, 0.29) is 24.5 Å². The first-order valence-corrected chi connectivity index (χ1v) is 5.46. The monoisotopic (exact) mass is 220 g/mol. The van der Waals surface area contributed by atoms with Crippen LogP contribution in [0.3, 0.4) is 0 Å². The number of fused-ring (bicyclic) bond motifs is 1. The number of carbonyl (C=O) groups is 1. The molecule has 2 atom stereocenters. The Kier molecular flexibility index (Phi) is 3.10. The van der Waals surface area contributed by atoms with Crippen LogP contribution in [-0.2, 0) is 4.79 Å². The van der Waals surface area contributed by atoms with E-state index >= 15 is 0 Å². The topological polar surface area (TPSA) is 61.4 Å². The van der Waals surface area contributed by atoms with E-state index < -0.39 is 0 Å². The summed E-state index contributed by atoms with van der Waals surface area (Å²) in [7, 11) is 0. The third kappa shape index (κ3) is 2.02. The fourth-order valence-electron chi connectivity index (χ4n) is 1.91. The van der Waals surface area contributed by atoms with E-state index in [1.54, 1.807) is 6.92 Å². The fourth-order valence-corrected chi connectivity index (χ4v) is 1.91. The molecule has 0 bridgehead atoms. The van der Waals surface area contributed by atoms with E-state index in [0.717, 1.165) is 11.3 Å². The summed E-state index contributed by atoms with van der Waals surface area (Å²) in [5.74, 6) is -0.177. The second-order valence-corrected chi connectivity index (χ2v) is 4.11. The molecule has 16 heavy (non-hydrogen) atoms. The molecule has 0 aliphatic carbocycles. The molecule has 1 unspecified atom stereocenters. The number of anilines is 1. The number of benzene rings is 1. The van der Waals surface area contributed by atoms with Crippen molar-refractivity contribution in [3.63, 3.8) is 0 Å². The maximum Gasteiger partial charge on any atom is 0.229 e. The highest BCUT2D eigenvalue weighted by Crippen LogP contribution is 2.30. The molecule has 0 radical (unpaired) electrons. The third-order valence-electron chi connectivity index (χ3n) is 2.81. The second kappa shape index (κ2) is 4.53. The Morgan fingerprint density at radius 2 is 2.38 bits per heavy atom. The van der Waals surface area contributed by atoms with Crippen LogP contribution in [0.15, 0.2) is 24.3 Å². The molecule has 2 rings (SSSR count). The van der Waals surface area contributed by atoms with Crippen molar-refractivity contribution in [2.24, 2.45) is 0 Å². The zero-order chi connectivity index (χ0) is 11.5. The highest BCUT2D eigenvalue weighted by Gasteiger charge is 2.28. The number of aliphatic hydroxyl groups excluding tert-OH is 1. The summed E-state index contributed by atoms with van der Waals surface area (Å²) in [6.07, 6.45) is 0. The Balaban J connectivity index is 2.10. The number of hydrogen-bond donors (Lipinski definition) is 3. The van der Waals surface area contributed by atoms with Crippen LogP contribution in [0, 0.1) is 0 Å². The summed E-state index contributed by atoms with van der Waals surface area (Å²) in [6, 6.07) is 7.62. The van der Waals surface area contributed by atoms with Gasteiger partial charge in [0.05, 0.1) is 12.5 Å². The molecule has 0 aromatic heterocycles. The van der Waals surface area contributed by atoms with Gasteiger partial charge in [-0.2, -0.15) is 0 Å². The van der Waals surface area contributed by atoms with Gasteiger partial charge in [-0.05, 0) is 18.6 Å². The molecule has 4 heteroatoms. The Bertz CT molecular complexity index is 392. The second-order valence-electron chi connectivity index (χ2n) is 4.11. The van der Waals surface area contributed by atoms with Crippen molar-refractivity contribution >= 4 is 11.6 Å². The summed E-state index contributed by atoms with van der Waals surface area (Å²) >= 11 is 0. The van der Waals surface area contributed by atoms with Crippen molar-refractivity contribution in [2.75, 3.05) is 18.5 Å². The van der Waals surface area contributed by atoms with Crippen LogP contribution in [-0.4, -0.2) is 30.2 Å². The molecule has 1 aromatic carbocycles. The Labute approximate surface area is 94.7 Å². The van der Waals surface area contributed by atoms with E-state index in [2.05, 4.69) is 10.6 Å². The zero-order valence-electron chi connectivity index (χ0n) is 9.23. The van der Waals surface area contributed by atoms with E-state index in [0.29, 0.717) is 6.54 Å². The van der Waals surface area contributed by atoms with Crippen LogP contribution in [0.25, 0.3) is 0 Å². The van der Waals surface area contributed by atoms with Crippen LogP contribution in [0.5, 0.6) is 0 Å². The van der Waals surface area contributed by atoms with E-state index in [4.69, 9.17) is 5.11 Å². The van der Waals surface area contributed by atoms with Crippen molar-refractivity contribution < 1.29 is 9.90 Å². The Morgan fingerprint density at radius 1 is 1.62 bits per heavy atom. The van der Waals surface area contributed by atoms with Gasteiger partial charge in [-0.15, -0.1) is 0 Å². The number of carbonyl (C=O) groups excluding carboxylic acids is 1. The molecule has 86 valence electrons. The van der Waals surface area contributed by atoms with Crippen molar-refractivity contribution in [1.29, 1.82) is 0 Å². The summed E-state index contributed by atoms with van der Waals surface area (Å²) < 4.78 is 0. The molecule has 1 heterocycles. The lowest BCUT2D eigenvalue weighted by atomic mass is 10.0. The van der Waals surface area contributed by atoms with Crippen LogP contribution >= 0.6 is 0 Å². The Hall–Kier alpha value is -1.55. The van der Waals surface area contributed by atoms with Crippen LogP contribution in [0.1, 0.15) is 18.4 Å². The van der Waals surface area contributed by atoms with Crippen LogP contribution in [0.4, 0.5) is 5.69 Å². The molecular formula is C12H16N2O2. The number of hydrogen-bond acceptors (Lipinski definition) is 3. The van der Waals surface area contributed by atoms with Gasteiger partial charge in [-0.1, -0.05) is 18.2 Å². The van der Waals surface area contributed by atoms with E-state index in [1.807, 2.05) is 24.3 Å². The summed E-state index contributed by atoms with van der Waals surface area (Å²) in [6.45, 7) is 2.38. The molecule has 1 aliphatic heterocycles. The first-order valence-electron chi connectivity index (χ1n) is 5.46. The van der Waals surface area contributed by atoms with E-state index in [9.17, 15) is 4.79 Å². The van der Waals surface area contributed by atoms with E-state index in [1.165, 1.54) is 0 Å². The quantitative estimate of drug-likeness (QED) is 0.702. The maximum absolute atomic E-state index is 11.9. The zero-order valence-corrected chi connectivity index (χ0v) is 9.23. The van der Waals surface area contributed by atoms with Gasteiger partial charge in [0.2, 0.25) is 5.91 Å². The molecule has 4 nitrogen and oxygen atoms in total. The molecule has 0 saturated carbocycles. The molecular weight excluding hydrogens is 204 g/mol. The smallest absolute Gasteiger partial charge is 0.229 e. The van der Waals surface area contributed by atoms with Crippen molar-refractivity contribution in [2.45, 2.75) is 18.9 Å². The van der Waals surface area contributed by atoms with Gasteiger partial charge in [0.15, 0.2) is 0 Å². The molecule has 0 saturated heterocycles. The largest absolute Gasteiger partial charge is 0.394 e.